The number of benzene rings is 2. The molecule has 0 aliphatic carbocycles. The van der Waals surface area contributed by atoms with Crippen molar-refractivity contribution in [2.75, 3.05) is 0 Å². The average molecular weight is 601 g/mol. The van der Waals surface area contributed by atoms with E-state index in [9.17, 15) is 10.2 Å². The van der Waals surface area contributed by atoms with Crippen LogP contribution < -0.4 is 20.4 Å². The van der Waals surface area contributed by atoms with Gasteiger partial charge in [0.15, 0.2) is 0 Å². The maximum absolute atomic E-state index is 11.0. The van der Waals surface area contributed by atoms with Crippen molar-refractivity contribution in [3.63, 3.8) is 0 Å². The molecule has 0 N–H and O–H groups in total. The maximum Gasteiger partial charge on any atom is 2.00 e. The first kappa shape index (κ1) is 30.7. The van der Waals surface area contributed by atoms with Crippen LogP contribution in [0.15, 0.2) is 73.8 Å². The molecule has 128 valence electrons. The van der Waals surface area contributed by atoms with Crippen molar-refractivity contribution in [1.82, 2.24) is 0 Å². The first-order valence-electron chi connectivity index (χ1n) is 7.02. The van der Waals surface area contributed by atoms with Gasteiger partial charge in [0.25, 0.3) is 0 Å². The van der Waals surface area contributed by atoms with Gasteiger partial charge in [0.2, 0.25) is 0 Å². The second-order valence-corrected chi connectivity index (χ2v) is 4.45. The molecule has 0 unspecified atom stereocenters. The molecular weight excluding hydrogens is 583 g/mol. The molecule has 0 amide bonds. The number of rotatable bonds is 4. The number of hydrogen-bond donors (Lipinski definition) is 0. The summed E-state index contributed by atoms with van der Waals surface area (Å²) >= 11 is 0. The number of carbonyl (C=O) groups is 1. The van der Waals surface area contributed by atoms with Crippen molar-refractivity contribution >= 4 is 104 Å². The number of allylic oxidation sites excluding steroid dienone is 2. The molecule has 26 heavy (non-hydrogen) atoms. The molecule has 0 bridgehead atoms. The predicted molar refractivity (Wildman–Crippen MR) is 96.5 cm³/mol. The Morgan fingerprint density at radius 3 is 1.27 bits per heavy atom. The van der Waals surface area contributed by atoms with Gasteiger partial charge in [-0.1, -0.05) is 71.8 Å². The average Bonchev–Trinajstić information content (AvgIpc) is 2.52. The van der Waals surface area contributed by atoms with Crippen LogP contribution in [0.25, 0.3) is 0 Å². The van der Waals surface area contributed by atoms with Crippen LogP contribution in [-0.2, 0) is 12.8 Å². The standard InChI is InChI=1S/2C9H10O.CH2O3.2Ba/c2*1-2-5-8-6-3-4-7-9(8)10;2-1(3)4;;/h2*2-4,6-7,10H,1,5H2;(H2,2,3,4);;/q;;;2*+2/p-4. The second kappa shape index (κ2) is 19.7. The van der Waals surface area contributed by atoms with E-state index in [-0.39, 0.29) is 109 Å². The molecular formula is C19H18Ba2O5. The predicted octanol–water partition coefficient (Wildman–Crippen LogP) is -0.231. The number of hydrogen-bond acceptors (Lipinski definition) is 5. The van der Waals surface area contributed by atoms with Crippen molar-refractivity contribution in [2.24, 2.45) is 0 Å². The van der Waals surface area contributed by atoms with Crippen molar-refractivity contribution in [3.05, 3.63) is 85.0 Å². The van der Waals surface area contributed by atoms with Gasteiger partial charge in [-0.3, -0.25) is 0 Å². The molecule has 7 heteroatoms. The zero-order valence-electron chi connectivity index (χ0n) is 14.6. The first-order valence-corrected chi connectivity index (χ1v) is 7.02. The van der Waals surface area contributed by atoms with Gasteiger partial charge >= 0.3 is 97.8 Å². The second-order valence-electron chi connectivity index (χ2n) is 4.45. The normalized spacial score (nSPS) is 8.00. The number of para-hydroxylation sites is 2. The van der Waals surface area contributed by atoms with Crippen LogP contribution in [0.4, 0.5) is 4.79 Å². The number of carbonyl (C=O) groups excluding carboxylic acids is 1. The molecule has 0 saturated heterocycles. The quantitative estimate of drug-likeness (QED) is 0.356. The van der Waals surface area contributed by atoms with Gasteiger partial charge in [0.05, 0.1) is 0 Å². The summed E-state index contributed by atoms with van der Waals surface area (Å²) in [5.41, 5.74) is 1.63. The minimum Gasteiger partial charge on any atom is -0.872 e. The largest absolute Gasteiger partial charge is 2.00 e. The van der Waals surface area contributed by atoms with Crippen molar-refractivity contribution in [2.45, 2.75) is 12.8 Å². The summed E-state index contributed by atoms with van der Waals surface area (Å²) < 4.78 is 0. The summed E-state index contributed by atoms with van der Waals surface area (Å²) in [7, 11) is 0. The van der Waals surface area contributed by atoms with E-state index in [4.69, 9.17) is 15.0 Å². The Morgan fingerprint density at radius 1 is 0.769 bits per heavy atom. The molecule has 0 aliphatic rings. The smallest absolute Gasteiger partial charge is 0.872 e. The van der Waals surface area contributed by atoms with Crippen LogP contribution >= 0.6 is 0 Å². The molecule has 0 heterocycles. The summed E-state index contributed by atoms with van der Waals surface area (Å²) in [6.07, 6.45) is 2.47. The third kappa shape index (κ3) is 16.1. The molecule has 0 atom stereocenters. The summed E-state index contributed by atoms with van der Waals surface area (Å²) in [5, 5.41) is 38.6. The molecule has 0 fully saturated rings. The van der Waals surface area contributed by atoms with Crippen molar-refractivity contribution in [1.29, 1.82) is 0 Å². The van der Waals surface area contributed by atoms with Crippen LogP contribution in [0.2, 0.25) is 0 Å². The summed E-state index contributed by atoms with van der Waals surface area (Å²) in [6.45, 7) is 7.12. The molecule has 0 aromatic heterocycles. The Balaban J connectivity index is -0.000000319. The van der Waals surface area contributed by atoms with E-state index < -0.39 is 6.16 Å². The summed E-state index contributed by atoms with van der Waals surface area (Å²) in [4.78, 5) is 8.33. The van der Waals surface area contributed by atoms with Crippen LogP contribution in [0.5, 0.6) is 11.5 Å². The molecule has 0 aliphatic heterocycles. The van der Waals surface area contributed by atoms with E-state index in [1.54, 1.807) is 36.4 Å². The van der Waals surface area contributed by atoms with Gasteiger partial charge in [-0.15, -0.1) is 24.7 Å². The SMILES string of the molecule is C=CCc1ccccc1[O-].C=CCc1ccccc1[O-].O=C([O-])[O-].[Ba+2].[Ba+2]. The fourth-order valence-corrected chi connectivity index (χ4v) is 1.66. The van der Waals surface area contributed by atoms with Gasteiger partial charge in [-0.05, 0) is 19.0 Å². The van der Waals surface area contributed by atoms with Crippen LogP contribution in [0.3, 0.4) is 0 Å². The molecule has 0 spiro atoms. The Kier molecular flexibility index (Phi) is 23.2. The molecule has 2 aromatic carbocycles. The van der Waals surface area contributed by atoms with E-state index in [1.807, 2.05) is 24.3 Å². The summed E-state index contributed by atoms with van der Waals surface area (Å²) in [6, 6.07) is 14.0. The zero-order valence-corrected chi connectivity index (χ0v) is 23.4. The topological polar surface area (TPSA) is 109 Å². The Morgan fingerprint density at radius 2 is 1.04 bits per heavy atom. The zero-order chi connectivity index (χ0) is 18.4. The molecule has 2 rings (SSSR count). The Bertz CT molecular complexity index is 604. The van der Waals surface area contributed by atoms with E-state index in [0.29, 0.717) is 12.8 Å². The minimum absolute atomic E-state index is 0. The minimum atomic E-state index is -2.33. The van der Waals surface area contributed by atoms with E-state index in [2.05, 4.69) is 13.2 Å². The third-order valence-corrected chi connectivity index (χ3v) is 2.67. The molecule has 2 aromatic rings. The monoisotopic (exact) mass is 602 g/mol. The number of carboxylic acid groups (broad SMARTS) is 2. The van der Waals surface area contributed by atoms with Gasteiger partial charge in [0.1, 0.15) is 0 Å². The van der Waals surface area contributed by atoms with Crippen molar-refractivity contribution in [3.8, 4) is 11.5 Å². The van der Waals surface area contributed by atoms with Crippen molar-refractivity contribution < 1.29 is 25.2 Å². The van der Waals surface area contributed by atoms with Gasteiger partial charge < -0.3 is 25.2 Å². The fourth-order valence-electron chi connectivity index (χ4n) is 1.66. The van der Waals surface area contributed by atoms with Crippen LogP contribution in [0.1, 0.15) is 11.1 Å². The molecule has 5 nitrogen and oxygen atoms in total. The third-order valence-electron chi connectivity index (χ3n) is 2.67. The maximum atomic E-state index is 11.0. The van der Waals surface area contributed by atoms with Gasteiger partial charge in [-0.25, -0.2) is 0 Å². The fraction of sp³-hybridized carbons (Fsp3) is 0.105. The Hall–Kier alpha value is -0.0671. The van der Waals surface area contributed by atoms with Gasteiger partial charge in [0, 0.05) is 0 Å². The Labute approximate surface area is 234 Å². The summed E-state index contributed by atoms with van der Waals surface area (Å²) in [5.74, 6) is 0.199. The molecule has 0 radical (unpaired) electrons. The first-order chi connectivity index (χ1) is 11.4. The van der Waals surface area contributed by atoms with E-state index in [1.165, 1.54) is 0 Å². The van der Waals surface area contributed by atoms with E-state index >= 15 is 0 Å². The molecule has 0 saturated carbocycles. The van der Waals surface area contributed by atoms with E-state index in [0.717, 1.165) is 11.1 Å². The van der Waals surface area contributed by atoms with Gasteiger partial charge in [-0.2, -0.15) is 0 Å². The van der Waals surface area contributed by atoms with Crippen LogP contribution in [0, 0.1) is 0 Å². The van der Waals surface area contributed by atoms with Crippen LogP contribution in [-0.4, -0.2) is 104 Å².